The normalized spacial score (nSPS) is 16.7. The zero-order valence-electron chi connectivity index (χ0n) is 20.7. The second-order valence-corrected chi connectivity index (χ2v) is 8.30. The molecule has 0 aliphatic carbocycles. The van der Waals surface area contributed by atoms with Gasteiger partial charge in [0.05, 0.1) is 32.4 Å². The first-order valence-corrected chi connectivity index (χ1v) is 11.4. The molecular weight excluding hydrogens is 484 g/mol. The Morgan fingerprint density at radius 1 is 0.919 bits per heavy atom. The van der Waals surface area contributed by atoms with Gasteiger partial charge in [0.1, 0.15) is 11.5 Å². The fourth-order valence-corrected chi connectivity index (χ4v) is 4.36. The van der Waals surface area contributed by atoms with Gasteiger partial charge in [0, 0.05) is 17.3 Å². The molecule has 4 rings (SSSR count). The van der Waals surface area contributed by atoms with Crippen LogP contribution in [0, 0.1) is 18.6 Å². The standard InChI is InChI=1S/C28H25F2NO6/c1-5-37-23-13-16(6-11-22(23)36-4)25-24(26(32)17-7-10-21(35-3)15(2)12-17)27(33)28(34)31(25)18-8-9-19(29)20(30)14-18/h6-14,25,32H,5H2,1-4H3/b26-24+. The van der Waals surface area contributed by atoms with Crippen molar-refractivity contribution in [2.45, 2.75) is 19.9 Å². The molecule has 1 N–H and O–H groups in total. The number of halogens is 2. The summed E-state index contributed by atoms with van der Waals surface area (Å²) in [6.07, 6.45) is 0. The summed E-state index contributed by atoms with van der Waals surface area (Å²) in [5, 5.41) is 11.3. The smallest absolute Gasteiger partial charge is 0.300 e. The summed E-state index contributed by atoms with van der Waals surface area (Å²) >= 11 is 0. The second-order valence-electron chi connectivity index (χ2n) is 8.30. The molecular formula is C28H25F2NO6. The number of methoxy groups -OCH3 is 2. The Bertz CT molecular complexity index is 1420. The second kappa shape index (κ2) is 10.3. The van der Waals surface area contributed by atoms with Crippen LogP contribution in [0.3, 0.4) is 0 Å². The number of ketones is 1. The molecule has 1 atom stereocenters. The van der Waals surface area contributed by atoms with E-state index in [-0.39, 0.29) is 16.8 Å². The van der Waals surface area contributed by atoms with Crippen LogP contribution in [-0.2, 0) is 9.59 Å². The molecule has 1 unspecified atom stereocenters. The lowest BCUT2D eigenvalue weighted by Crippen LogP contribution is -2.29. The SMILES string of the molecule is CCOc1cc(C2/C(=C(\O)c3ccc(OC)c(C)c3)C(=O)C(=O)N2c2ccc(F)c(F)c2)ccc1OC. The first-order chi connectivity index (χ1) is 17.7. The van der Waals surface area contributed by atoms with E-state index in [1.54, 1.807) is 50.2 Å². The van der Waals surface area contributed by atoms with Crippen LogP contribution in [-0.4, -0.2) is 37.6 Å². The van der Waals surface area contributed by atoms with Crippen LogP contribution in [0.5, 0.6) is 17.2 Å². The number of aryl methyl sites for hydroxylation is 1. The number of ether oxygens (including phenoxy) is 3. The maximum absolute atomic E-state index is 14.2. The number of Topliss-reactive ketones (excluding diaryl/α,β-unsaturated/α-hetero) is 1. The minimum atomic E-state index is -1.19. The Kier molecular flexibility index (Phi) is 7.15. The number of carbonyl (C=O) groups is 2. The van der Waals surface area contributed by atoms with Crippen LogP contribution in [0.15, 0.2) is 60.2 Å². The molecule has 0 bridgehead atoms. The van der Waals surface area contributed by atoms with E-state index in [2.05, 4.69) is 0 Å². The van der Waals surface area contributed by atoms with Crippen LogP contribution in [0.4, 0.5) is 14.5 Å². The lowest BCUT2D eigenvalue weighted by molar-refractivity contribution is -0.132. The van der Waals surface area contributed by atoms with Gasteiger partial charge in [-0.3, -0.25) is 14.5 Å². The highest BCUT2D eigenvalue weighted by atomic mass is 19.2. The van der Waals surface area contributed by atoms with Crippen molar-refractivity contribution in [1.29, 1.82) is 0 Å². The summed E-state index contributed by atoms with van der Waals surface area (Å²) in [5.74, 6) is -3.35. The molecule has 1 heterocycles. The molecule has 1 aliphatic rings. The summed E-state index contributed by atoms with van der Waals surface area (Å²) < 4.78 is 44.1. The number of amides is 1. The number of hydrogen-bond acceptors (Lipinski definition) is 6. The van der Waals surface area contributed by atoms with Crippen LogP contribution >= 0.6 is 0 Å². The fraction of sp³-hybridized carbons (Fsp3) is 0.214. The number of carbonyl (C=O) groups excluding carboxylic acids is 2. The number of rotatable bonds is 7. The van der Waals surface area contributed by atoms with E-state index in [1.807, 2.05) is 0 Å². The summed E-state index contributed by atoms with van der Waals surface area (Å²) in [6, 6.07) is 11.3. The third-order valence-corrected chi connectivity index (χ3v) is 6.10. The average molecular weight is 510 g/mol. The van der Waals surface area contributed by atoms with Gasteiger partial charge >= 0.3 is 0 Å². The van der Waals surface area contributed by atoms with E-state index in [0.29, 0.717) is 35.0 Å². The number of nitrogens with zero attached hydrogens (tertiary/aromatic N) is 1. The Morgan fingerprint density at radius 3 is 2.24 bits per heavy atom. The highest BCUT2D eigenvalue weighted by molar-refractivity contribution is 6.51. The Morgan fingerprint density at radius 2 is 1.62 bits per heavy atom. The van der Waals surface area contributed by atoms with Crippen molar-refractivity contribution in [3.63, 3.8) is 0 Å². The summed E-state index contributed by atoms with van der Waals surface area (Å²) in [6.45, 7) is 3.87. The van der Waals surface area contributed by atoms with E-state index in [9.17, 15) is 23.5 Å². The molecule has 0 spiro atoms. The molecule has 1 aliphatic heterocycles. The molecule has 192 valence electrons. The van der Waals surface area contributed by atoms with Crippen LogP contribution < -0.4 is 19.1 Å². The molecule has 0 saturated carbocycles. The van der Waals surface area contributed by atoms with Gasteiger partial charge in [0.2, 0.25) is 0 Å². The van der Waals surface area contributed by atoms with Crippen molar-refractivity contribution in [2.24, 2.45) is 0 Å². The molecule has 1 amide bonds. The first kappa shape index (κ1) is 25.7. The van der Waals surface area contributed by atoms with Gasteiger partial charge in [-0.25, -0.2) is 8.78 Å². The Balaban J connectivity index is 1.97. The Hall–Kier alpha value is -4.40. The zero-order chi connectivity index (χ0) is 26.9. The van der Waals surface area contributed by atoms with E-state index < -0.39 is 35.1 Å². The molecule has 0 aromatic heterocycles. The van der Waals surface area contributed by atoms with Crippen molar-refractivity contribution in [2.75, 3.05) is 25.7 Å². The van der Waals surface area contributed by atoms with Crippen molar-refractivity contribution in [1.82, 2.24) is 0 Å². The minimum absolute atomic E-state index is 0.0512. The van der Waals surface area contributed by atoms with Gasteiger partial charge in [0.25, 0.3) is 11.7 Å². The minimum Gasteiger partial charge on any atom is -0.507 e. The third-order valence-electron chi connectivity index (χ3n) is 6.10. The molecule has 9 heteroatoms. The predicted octanol–water partition coefficient (Wildman–Crippen LogP) is 5.32. The largest absolute Gasteiger partial charge is 0.507 e. The molecule has 0 radical (unpaired) electrons. The number of hydrogen-bond donors (Lipinski definition) is 1. The number of benzene rings is 3. The van der Waals surface area contributed by atoms with Gasteiger partial charge in [-0.1, -0.05) is 6.07 Å². The monoisotopic (exact) mass is 509 g/mol. The average Bonchev–Trinajstić information content (AvgIpc) is 3.15. The first-order valence-electron chi connectivity index (χ1n) is 11.4. The molecule has 1 fully saturated rings. The lowest BCUT2D eigenvalue weighted by Gasteiger charge is -2.26. The number of aliphatic hydroxyl groups is 1. The maximum atomic E-state index is 14.2. The van der Waals surface area contributed by atoms with Crippen molar-refractivity contribution >= 4 is 23.1 Å². The summed E-state index contributed by atoms with van der Waals surface area (Å²) in [5.41, 5.74) is 1.10. The fourth-order valence-electron chi connectivity index (χ4n) is 4.36. The maximum Gasteiger partial charge on any atom is 0.300 e. The quantitative estimate of drug-likeness (QED) is 0.264. The van der Waals surface area contributed by atoms with E-state index in [0.717, 1.165) is 17.0 Å². The lowest BCUT2D eigenvalue weighted by atomic mass is 9.94. The highest BCUT2D eigenvalue weighted by Gasteiger charge is 2.47. The number of aliphatic hydroxyl groups excluding tert-OH is 1. The summed E-state index contributed by atoms with van der Waals surface area (Å²) in [4.78, 5) is 27.6. The number of anilines is 1. The van der Waals surface area contributed by atoms with E-state index in [1.165, 1.54) is 20.3 Å². The van der Waals surface area contributed by atoms with Crippen LogP contribution in [0.2, 0.25) is 0 Å². The molecule has 1 saturated heterocycles. The van der Waals surface area contributed by atoms with Crippen molar-refractivity contribution < 1.29 is 37.7 Å². The van der Waals surface area contributed by atoms with Crippen LogP contribution in [0.25, 0.3) is 5.76 Å². The Labute approximate surface area is 212 Å². The van der Waals surface area contributed by atoms with Crippen LogP contribution in [0.1, 0.15) is 29.7 Å². The predicted molar refractivity (Wildman–Crippen MR) is 133 cm³/mol. The molecule has 3 aromatic rings. The highest BCUT2D eigenvalue weighted by Crippen LogP contribution is 2.44. The third kappa shape index (κ3) is 4.60. The van der Waals surface area contributed by atoms with Crippen molar-refractivity contribution in [3.8, 4) is 17.2 Å². The zero-order valence-corrected chi connectivity index (χ0v) is 20.7. The molecule has 37 heavy (non-hydrogen) atoms. The van der Waals surface area contributed by atoms with Gasteiger partial charge < -0.3 is 19.3 Å². The summed E-state index contributed by atoms with van der Waals surface area (Å²) in [7, 11) is 2.98. The van der Waals surface area contributed by atoms with E-state index in [4.69, 9.17) is 14.2 Å². The topological polar surface area (TPSA) is 85.3 Å². The molecule has 3 aromatic carbocycles. The van der Waals surface area contributed by atoms with E-state index >= 15 is 0 Å². The van der Waals surface area contributed by atoms with Crippen molar-refractivity contribution in [3.05, 3.63) is 88.5 Å². The van der Waals surface area contributed by atoms with Gasteiger partial charge in [-0.15, -0.1) is 0 Å². The molecule has 7 nitrogen and oxygen atoms in total. The van der Waals surface area contributed by atoms with Gasteiger partial charge in [-0.2, -0.15) is 0 Å². The van der Waals surface area contributed by atoms with Gasteiger partial charge in [0.15, 0.2) is 23.1 Å². The van der Waals surface area contributed by atoms with Gasteiger partial charge in [-0.05, 0) is 67.4 Å².